The summed E-state index contributed by atoms with van der Waals surface area (Å²) in [5, 5.41) is 0. The number of para-hydroxylation sites is 2. The van der Waals surface area contributed by atoms with Crippen LogP contribution in [0.15, 0.2) is 42.5 Å². The zero-order chi connectivity index (χ0) is 21.1. The van der Waals surface area contributed by atoms with Crippen molar-refractivity contribution in [1.82, 2.24) is 14.9 Å². The lowest BCUT2D eigenvalue weighted by molar-refractivity contribution is -0.119. The van der Waals surface area contributed by atoms with E-state index in [-0.39, 0.29) is 18.4 Å². The van der Waals surface area contributed by atoms with Crippen LogP contribution in [0.3, 0.4) is 0 Å². The summed E-state index contributed by atoms with van der Waals surface area (Å²) >= 11 is 0. The number of primary amides is 1. The van der Waals surface area contributed by atoms with Crippen LogP contribution in [0, 0.1) is 0 Å². The van der Waals surface area contributed by atoms with Gasteiger partial charge in [0.2, 0.25) is 0 Å². The molecule has 8 nitrogen and oxygen atoms in total. The van der Waals surface area contributed by atoms with E-state index in [0.717, 1.165) is 29.7 Å². The Hall–Kier alpha value is -3.55. The minimum Gasteiger partial charge on any atom is -0.493 e. The fraction of sp³-hybridized carbons (Fsp3) is 0.318. The average molecular weight is 408 g/mol. The summed E-state index contributed by atoms with van der Waals surface area (Å²) in [6.45, 7) is 1.04. The van der Waals surface area contributed by atoms with E-state index < -0.39 is 5.91 Å². The molecule has 2 aromatic carbocycles. The molecule has 1 aliphatic heterocycles. The first-order valence-electron chi connectivity index (χ1n) is 9.88. The quantitative estimate of drug-likeness (QED) is 0.651. The number of piperidine rings is 1. The summed E-state index contributed by atoms with van der Waals surface area (Å²) in [7, 11) is 1.49. The zero-order valence-electron chi connectivity index (χ0n) is 16.8. The number of nitrogens with zero attached hydrogens (tertiary/aromatic N) is 2. The van der Waals surface area contributed by atoms with Crippen LogP contribution in [0.4, 0.5) is 0 Å². The molecular formula is C22H24N4O4. The third-order valence-electron chi connectivity index (χ3n) is 5.28. The number of hydrogen-bond donors (Lipinski definition) is 2. The Kier molecular flexibility index (Phi) is 5.56. The highest BCUT2D eigenvalue weighted by atomic mass is 16.5. The maximum absolute atomic E-state index is 13.1. The number of carbonyl (C=O) groups is 2. The molecule has 1 unspecified atom stereocenters. The van der Waals surface area contributed by atoms with Gasteiger partial charge in [-0.2, -0.15) is 0 Å². The maximum atomic E-state index is 13.1. The molecule has 1 fully saturated rings. The Labute approximate surface area is 174 Å². The second-order valence-electron chi connectivity index (χ2n) is 7.35. The molecule has 3 aromatic rings. The van der Waals surface area contributed by atoms with E-state index in [2.05, 4.69) is 4.98 Å². The number of nitrogens with two attached hydrogens (primary N) is 1. The van der Waals surface area contributed by atoms with Crippen molar-refractivity contribution in [2.75, 3.05) is 26.8 Å². The molecule has 0 aliphatic carbocycles. The first-order valence-corrected chi connectivity index (χ1v) is 9.88. The number of amides is 2. The van der Waals surface area contributed by atoms with Crippen LogP contribution in [-0.4, -0.2) is 53.5 Å². The fourth-order valence-electron chi connectivity index (χ4n) is 3.80. The first kappa shape index (κ1) is 19.8. The van der Waals surface area contributed by atoms with Gasteiger partial charge in [0.05, 0.1) is 18.1 Å². The number of H-pyrrole nitrogens is 1. The van der Waals surface area contributed by atoms with E-state index in [0.29, 0.717) is 30.2 Å². The predicted octanol–water partition coefficient (Wildman–Crippen LogP) is 2.46. The minimum atomic E-state index is -0.581. The molecule has 30 heavy (non-hydrogen) atoms. The van der Waals surface area contributed by atoms with Gasteiger partial charge in [-0.25, -0.2) is 4.98 Å². The molecule has 1 aliphatic rings. The van der Waals surface area contributed by atoms with Gasteiger partial charge in [0.1, 0.15) is 5.82 Å². The summed E-state index contributed by atoms with van der Waals surface area (Å²) < 4.78 is 10.7. The van der Waals surface area contributed by atoms with Gasteiger partial charge in [-0.1, -0.05) is 12.1 Å². The Balaban J connectivity index is 1.50. The normalized spacial score (nSPS) is 16.4. The molecule has 4 rings (SSSR count). The molecule has 0 saturated carbocycles. The van der Waals surface area contributed by atoms with Gasteiger partial charge < -0.3 is 25.1 Å². The SMILES string of the molecule is COc1cc(C(=O)N2CCCC(c3nc4ccccc4[nH]3)C2)ccc1OCC(N)=O. The molecular weight excluding hydrogens is 384 g/mol. The molecule has 0 radical (unpaired) electrons. The van der Waals surface area contributed by atoms with Gasteiger partial charge in [0.25, 0.3) is 11.8 Å². The summed E-state index contributed by atoms with van der Waals surface area (Å²) in [5.74, 6) is 1.17. The molecule has 0 spiro atoms. The summed E-state index contributed by atoms with van der Waals surface area (Å²) in [6, 6.07) is 12.9. The van der Waals surface area contributed by atoms with Crippen LogP contribution in [-0.2, 0) is 4.79 Å². The van der Waals surface area contributed by atoms with Crippen molar-refractivity contribution in [2.24, 2.45) is 5.73 Å². The second kappa shape index (κ2) is 8.44. The van der Waals surface area contributed by atoms with E-state index in [4.69, 9.17) is 20.2 Å². The van der Waals surface area contributed by atoms with Gasteiger partial charge in [0, 0.05) is 24.6 Å². The molecule has 2 amide bonds. The number of methoxy groups -OCH3 is 1. The Morgan fingerprint density at radius 1 is 1.23 bits per heavy atom. The number of hydrogen-bond acceptors (Lipinski definition) is 5. The Morgan fingerprint density at radius 3 is 2.83 bits per heavy atom. The molecule has 156 valence electrons. The van der Waals surface area contributed by atoms with E-state index in [9.17, 15) is 9.59 Å². The molecule has 1 aromatic heterocycles. The van der Waals surface area contributed by atoms with Crippen LogP contribution in [0.5, 0.6) is 11.5 Å². The number of fused-ring (bicyclic) bond motifs is 1. The number of aromatic amines is 1. The highest BCUT2D eigenvalue weighted by molar-refractivity contribution is 5.95. The molecule has 1 saturated heterocycles. The number of ether oxygens (including phenoxy) is 2. The molecule has 2 heterocycles. The standard InChI is InChI=1S/C22H24N4O4/c1-29-19-11-14(8-9-18(19)30-13-20(23)27)22(28)26-10-4-5-15(12-26)21-24-16-6-2-3-7-17(16)25-21/h2-3,6-9,11,15H,4-5,10,12-13H2,1H3,(H2,23,27)(H,24,25). The van der Waals surface area contributed by atoms with Crippen molar-refractivity contribution in [3.63, 3.8) is 0 Å². The predicted molar refractivity (Wildman–Crippen MR) is 112 cm³/mol. The summed E-state index contributed by atoms with van der Waals surface area (Å²) in [4.78, 5) is 34.0. The minimum absolute atomic E-state index is 0.0736. The third-order valence-corrected chi connectivity index (χ3v) is 5.28. The number of likely N-dealkylation sites (tertiary alicyclic amines) is 1. The average Bonchev–Trinajstić information content (AvgIpc) is 3.21. The molecule has 3 N–H and O–H groups in total. The van der Waals surface area contributed by atoms with Gasteiger partial charge in [-0.05, 0) is 43.2 Å². The lowest BCUT2D eigenvalue weighted by Crippen LogP contribution is -2.39. The number of nitrogens with one attached hydrogen (secondary N) is 1. The van der Waals surface area contributed by atoms with Crippen molar-refractivity contribution in [1.29, 1.82) is 0 Å². The monoisotopic (exact) mass is 408 g/mol. The topological polar surface area (TPSA) is 111 Å². The van der Waals surface area contributed by atoms with Crippen LogP contribution in [0.25, 0.3) is 11.0 Å². The number of imidazole rings is 1. The fourth-order valence-corrected chi connectivity index (χ4v) is 3.80. The van der Waals surface area contributed by atoms with Crippen molar-refractivity contribution in [2.45, 2.75) is 18.8 Å². The van der Waals surface area contributed by atoms with E-state index >= 15 is 0 Å². The van der Waals surface area contributed by atoms with Gasteiger partial charge in [-0.15, -0.1) is 0 Å². The largest absolute Gasteiger partial charge is 0.493 e. The number of carbonyl (C=O) groups excluding carboxylic acids is 2. The number of rotatable bonds is 6. The smallest absolute Gasteiger partial charge is 0.255 e. The van der Waals surface area contributed by atoms with Gasteiger partial charge in [-0.3, -0.25) is 9.59 Å². The highest BCUT2D eigenvalue weighted by Gasteiger charge is 2.28. The van der Waals surface area contributed by atoms with E-state index in [1.165, 1.54) is 7.11 Å². The first-order chi connectivity index (χ1) is 14.5. The van der Waals surface area contributed by atoms with Crippen molar-refractivity contribution in [3.8, 4) is 11.5 Å². The Bertz CT molecular complexity index is 1040. The summed E-state index contributed by atoms with van der Waals surface area (Å²) in [6.07, 6.45) is 1.89. The maximum Gasteiger partial charge on any atom is 0.255 e. The number of benzene rings is 2. The second-order valence-corrected chi connectivity index (χ2v) is 7.35. The highest BCUT2D eigenvalue weighted by Crippen LogP contribution is 2.31. The van der Waals surface area contributed by atoms with Gasteiger partial charge >= 0.3 is 0 Å². The number of aromatic nitrogens is 2. The van der Waals surface area contributed by atoms with E-state index in [1.54, 1.807) is 18.2 Å². The lowest BCUT2D eigenvalue weighted by atomic mass is 9.96. The van der Waals surface area contributed by atoms with Gasteiger partial charge in [0.15, 0.2) is 18.1 Å². The van der Waals surface area contributed by atoms with Crippen molar-refractivity contribution in [3.05, 3.63) is 53.9 Å². The van der Waals surface area contributed by atoms with Crippen LogP contribution < -0.4 is 15.2 Å². The Morgan fingerprint density at radius 2 is 2.07 bits per heavy atom. The summed E-state index contributed by atoms with van der Waals surface area (Å²) in [5.41, 5.74) is 7.57. The van der Waals surface area contributed by atoms with Crippen LogP contribution in [0.2, 0.25) is 0 Å². The van der Waals surface area contributed by atoms with Crippen molar-refractivity contribution < 1.29 is 19.1 Å². The molecule has 0 bridgehead atoms. The lowest BCUT2D eigenvalue weighted by Gasteiger charge is -2.32. The molecule has 1 atom stereocenters. The van der Waals surface area contributed by atoms with Crippen LogP contribution >= 0.6 is 0 Å². The van der Waals surface area contributed by atoms with Crippen molar-refractivity contribution >= 4 is 22.8 Å². The molecule has 8 heteroatoms. The van der Waals surface area contributed by atoms with E-state index in [1.807, 2.05) is 29.2 Å². The third kappa shape index (κ3) is 4.07. The zero-order valence-corrected chi connectivity index (χ0v) is 16.8. The van der Waals surface area contributed by atoms with Crippen LogP contribution in [0.1, 0.15) is 34.9 Å².